The lowest BCUT2D eigenvalue weighted by atomic mass is 10.1. The Hall–Kier alpha value is -2.99. The van der Waals surface area contributed by atoms with Crippen molar-refractivity contribution in [1.82, 2.24) is 15.5 Å². The molecule has 0 radical (unpaired) electrons. The molecule has 0 aromatic heterocycles. The van der Waals surface area contributed by atoms with E-state index in [-0.39, 0.29) is 30.3 Å². The van der Waals surface area contributed by atoms with Crippen LogP contribution in [0.5, 0.6) is 0 Å². The van der Waals surface area contributed by atoms with Crippen molar-refractivity contribution in [2.45, 2.75) is 25.4 Å². The molecular weight excluding hydrogens is 342 g/mol. The molecule has 2 aliphatic rings. The highest BCUT2D eigenvalue weighted by molar-refractivity contribution is 6.21. The van der Waals surface area contributed by atoms with Crippen molar-refractivity contribution in [3.05, 3.63) is 70.8 Å². The van der Waals surface area contributed by atoms with Crippen LogP contribution in [-0.2, 0) is 6.54 Å². The molecule has 1 unspecified atom stereocenters. The molecule has 1 atom stereocenters. The van der Waals surface area contributed by atoms with Crippen molar-refractivity contribution in [3.63, 3.8) is 0 Å². The van der Waals surface area contributed by atoms with Crippen LogP contribution in [0.25, 0.3) is 0 Å². The topological polar surface area (TPSA) is 78.5 Å². The molecule has 138 valence electrons. The number of benzene rings is 2. The molecule has 1 fully saturated rings. The van der Waals surface area contributed by atoms with Crippen molar-refractivity contribution in [2.24, 2.45) is 0 Å². The SMILES string of the molecule is O=C(NC1CCCNC1)c1cccc(CN2C(=O)c3ccccc3C2=O)c1. The van der Waals surface area contributed by atoms with E-state index in [1.54, 1.807) is 42.5 Å². The lowest BCUT2D eigenvalue weighted by Crippen LogP contribution is -2.45. The second-order valence-electron chi connectivity index (χ2n) is 6.96. The molecule has 2 N–H and O–H groups in total. The molecule has 2 aliphatic heterocycles. The van der Waals surface area contributed by atoms with Crippen molar-refractivity contribution in [3.8, 4) is 0 Å². The zero-order valence-corrected chi connectivity index (χ0v) is 14.9. The summed E-state index contributed by atoms with van der Waals surface area (Å²) in [5.41, 5.74) is 2.15. The van der Waals surface area contributed by atoms with E-state index in [0.717, 1.165) is 31.5 Å². The van der Waals surface area contributed by atoms with Gasteiger partial charge in [0, 0.05) is 18.2 Å². The normalized spacial score (nSPS) is 19.1. The fourth-order valence-corrected chi connectivity index (χ4v) is 3.62. The number of carbonyl (C=O) groups is 3. The number of hydrogen-bond donors (Lipinski definition) is 2. The lowest BCUT2D eigenvalue weighted by Gasteiger charge is -2.24. The number of hydrogen-bond acceptors (Lipinski definition) is 4. The van der Waals surface area contributed by atoms with E-state index in [4.69, 9.17) is 0 Å². The number of imide groups is 1. The van der Waals surface area contributed by atoms with Gasteiger partial charge in [0.2, 0.25) is 0 Å². The first-order valence-electron chi connectivity index (χ1n) is 9.19. The van der Waals surface area contributed by atoms with Crippen LogP contribution in [0.1, 0.15) is 49.5 Å². The van der Waals surface area contributed by atoms with Crippen LogP contribution < -0.4 is 10.6 Å². The third kappa shape index (κ3) is 3.48. The molecular formula is C21H21N3O3. The Balaban J connectivity index is 1.48. The van der Waals surface area contributed by atoms with Gasteiger partial charge >= 0.3 is 0 Å². The van der Waals surface area contributed by atoms with E-state index < -0.39 is 0 Å². The molecule has 0 spiro atoms. The monoisotopic (exact) mass is 363 g/mol. The highest BCUT2D eigenvalue weighted by Crippen LogP contribution is 2.24. The van der Waals surface area contributed by atoms with Crippen LogP contribution in [0.4, 0.5) is 0 Å². The van der Waals surface area contributed by atoms with E-state index >= 15 is 0 Å². The standard InChI is InChI=1S/C21H21N3O3/c25-19(23-16-7-4-10-22-12-16)15-6-3-5-14(11-15)13-24-20(26)17-8-1-2-9-18(17)21(24)27/h1-3,5-6,8-9,11,16,22H,4,7,10,12-13H2,(H,23,25). The van der Waals surface area contributed by atoms with Crippen molar-refractivity contribution >= 4 is 17.7 Å². The zero-order valence-electron chi connectivity index (χ0n) is 14.9. The van der Waals surface area contributed by atoms with Crippen LogP contribution in [0.2, 0.25) is 0 Å². The zero-order chi connectivity index (χ0) is 18.8. The van der Waals surface area contributed by atoms with Crippen LogP contribution in [0, 0.1) is 0 Å². The predicted molar refractivity (Wildman–Crippen MR) is 100 cm³/mol. The summed E-state index contributed by atoms with van der Waals surface area (Å²) in [5.74, 6) is -0.717. The summed E-state index contributed by atoms with van der Waals surface area (Å²) < 4.78 is 0. The van der Waals surface area contributed by atoms with Gasteiger partial charge < -0.3 is 10.6 Å². The van der Waals surface area contributed by atoms with E-state index in [9.17, 15) is 14.4 Å². The maximum absolute atomic E-state index is 12.5. The van der Waals surface area contributed by atoms with E-state index in [1.165, 1.54) is 4.90 Å². The number of piperidine rings is 1. The van der Waals surface area contributed by atoms with E-state index in [1.807, 2.05) is 6.07 Å². The van der Waals surface area contributed by atoms with Crippen LogP contribution in [0.3, 0.4) is 0 Å². The molecule has 2 heterocycles. The predicted octanol–water partition coefficient (Wildman–Crippen LogP) is 1.96. The Morgan fingerprint density at radius 3 is 2.48 bits per heavy atom. The summed E-state index contributed by atoms with van der Waals surface area (Å²) >= 11 is 0. The molecule has 0 aliphatic carbocycles. The van der Waals surface area contributed by atoms with Crippen molar-refractivity contribution in [1.29, 1.82) is 0 Å². The summed E-state index contributed by atoms with van der Waals surface area (Å²) in [6.07, 6.45) is 2.01. The van der Waals surface area contributed by atoms with Gasteiger partial charge in [-0.15, -0.1) is 0 Å². The fraction of sp³-hybridized carbons (Fsp3) is 0.286. The Morgan fingerprint density at radius 1 is 1.07 bits per heavy atom. The molecule has 2 aromatic rings. The average molecular weight is 363 g/mol. The van der Waals surface area contributed by atoms with Gasteiger partial charge in [-0.2, -0.15) is 0 Å². The largest absolute Gasteiger partial charge is 0.348 e. The maximum Gasteiger partial charge on any atom is 0.261 e. The second kappa shape index (κ2) is 7.32. The number of rotatable bonds is 4. The Bertz CT molecular complexity index is 868. The summed E-state index contributed by atoms with van der Waals surface area (Å²) in [7, 11) is 0. The summed E-state index contributed by atoms with van der Waals surface area (Å²) in [4.78, 5) is 38.8. The van der Waals surface area contributed by atoms with Crippen LogP contribution in [0.15, 0.2) is 48.5 Å². The van der Waals surface area contributed by atoms with Gasteiger partial charge in [0.15, 0.2) is 0 Å². The fourth-order valence-electron chi connectivity index (χ4n) is 3.62. The molecule has 6 nitrogen and oxygen atoms in total. The van der Waals surface area contributed by atoms with Gasteiger partial charge in [-0.1, -0.05) is 24.3 Å². The number of carbonyl (C=O) groups excluding carboxylic acids is 3. The minimum atomic E-state index is -0.293. The molecule has 3 amide bonds. The molecule has 0 saturated carbocycles. The molecule has 4 rings (SSSR count). The summed E-state index contributed by atoms with van der Waals surface area (Å²) in [6, 6.07) is 14.1. The van der Waals surface area contributed by atoms with Crippen molar-refractivity contribution < 1.29 is 14.4 Å². The Morgan fingerprint density at radius 2 is 1.81 bits per heavy atom. The van der Waals surface area contributed by atoms with Crippen LogP contribution >= 0.6 is 0 Å². The van der Waals surface area contributed by atoms with Gasteiger partial charge in [-0.3, -0.25) is 19.3 Å². The highest BCUT2D eigenvalue weighted by atomic mass is 16.2. The third-order valence-corrected chi connectivity index (χ3v) is 5.04. The second-order valence-corrected chi connectivity index (χ2v) is 6.96. The molecule has 0 bridgehead atoms. The molecule has 1 saturated heterocycles. The molecule has 2 aromatic carbocycles. The molecule has 6 heteroatoms. The van der Waals surface area contributed by atoms with Gasteiger partial charge in [-0.05, 0) is 49.2 Å². The maximum atomic E-state index is 12.5. The third-order valence-electron chi connectivity index (χ3n) is 5.04. The molecule has 27 heavy (non-hydrogen) atoms. The van der Waals surface area contributed by atoms with Gasteiger partial charge in [0.1, 0.15) is 0 Å². The first kappa shape index (κ1) is 17.4. The average Bonchev–Trinajstić information content (AvgIpc) is 2.94. The smallest absolute Gasteiger partial charge is 0.261 e. The number of fused-ring (bicyclic) bond motifs is 1. The first-order chi connectivity index (χ1) is 13.1. The van der Waals surface area contributed by atoms with Gasteiger partial charge in [-0.25, -0.2) is 0 Å². The van der Waals surface area contributed by atoms with E-state index in [2.05, 4.69) is 10.6 Å². The summed E-state index contributed by atoms with van der Waals surface area (Å²) in [5, 5.41) is 6.31. The Labute approximate surface area is 157 Å². The Kier molecular flexibility index (Phi) is 4.73. The number of nitrogens with one attached hydrogen (secondary N) is 2. The number of amides is 3. The first-order valence-corrected chi connectivity index (χ1v) is 9.19. The minimum absolute atomic E-state index is 0.131. The van der Waals surface area contributed by atoms with Gasteiger partial charge in [0.05, 0.1) is 17.7 Å². The van der Waals surface area contributed by atoms with Crippen LogP contribution in [-0.4, -0.2) is 41.8 Å². The van der Waals surface area contributed by atoms with Crippen molar-refractivity contribution in [2.75, 3.05) is 13.1 Å². The lowest BCUT2D eigenvalue weighted by molar-refractivity contribution is 0.0642. The minimum Gasteiger partial charge on any atom is -0.348 e. The highest BCUT2D eigenvalue weighted by Gasteiger charge is 2.35. The van der Waals surface area contributed by atoms with E-state index in [0.29, 0.717) is 16.7 Å². The summed E-state index contributed by atoms with van der Waals surface area (Å²) in [6.45, 7) is 1.92. The van der Waals surface area contributed by atoms with Gasteiger partial charge in [0.25, 0.3) is 17.7 Å². The number of nitrogens with zero attached hydrogens (tertiary/aromatic N) is 1. The quantitative estimate of drug-likeness (QED) is 0.814.